The third-order valence-electron chi connectivity index (χ3n) is 3.31. The highest BCUT2D eigenvalue weighted by Gasteiger charge is 2.16. The first-order valence-electron chi connectivity index (χ1n) is 7.48. The lowest BCUT2D eigenvalue weighted by molar-refractivity contribution is -0.671. The number of phenolic OH excluding ortho intramolecular Hbond substituents is 1. The molecule has 0 aliphatic rings. The molecule has 0 aliphatic heterocycles. The lowest BCUT2D eigenvalue weighted by Crippen LogP contribution is -3.00. The molecule has 0 bridgehead atoms. The molecule has 0 unspecified atom stereocenters. The molecule has 1 aromatic heterocycles. The normalized spacial score (nSPS) is 10.9. The van der Waals surface area contributed by atoms with Crippen LogP contribution in [0.2, 0.25) is 5.02 Å². The number of benzene rings is 1. The van der Waals surface area contributed by atoms with Crippen molar-refractivity contribution in [2.45, 2.75) is 19.9 Å². The summed E-state index contributed by atoms with van der Waals surface area (Å²) in [6.07, 6.45) is 5.98. The first kappa shape index (κ1) is 22.1. The van der Waals surface area contributed by atoms with Crippen molar-refractivity contribution in [3.05, 3.63) is 35.9 Å². The number of imidazole rings is 1. The number of rotatable bonds is 7. The number of carbonyl (C=O) groups excluding carboxylic acids is 1. The van der Waals surface area contributed by atoms with E-state index in [1.54, 1.807) is 0 Å². The van der Waals surface area contributed by atoms with Crippen LogP contribution in [0.1, 0.15) is 13.3 Å². The predicted molar refractivity (Wildman–Crippen MR) is 95.1 cm³/mol. The van der Waals surface area contributed by atoms with Gasteiger partial charge < -0.3 is 22.8 Å². The fourth-order valence-corrected chi connectivity index (χ4v) is 3.54. The van der Waals surface area contributed by atoms with Crippen molar-refractivity contribution in [3.63, 3.8) is 0 Å². The zero-order valence-electron chi connectivity index (χ0n) is 14.2. The van der Waals surface area contributed by atoms with Gasteiger partial charge in [-0.1, -0.05) is 11.6 Å². The van der Waals surface area contributed by atoms with E-state index in [9.17, 15) is 18.3 Å². The molecule has 0 radical (unpaired) electrons. The second-order valence-corrected chi connectivity index (χ2v) is 7.87. The van der Waals surface area contributed by atoms with Crippen molar-refractivity contribution in [1.29, 1.82) is 0 Å². The summed E-state index contributed by atoms with van der Waals surface area (Å²) in [5, 5.41) is 12.5. The van der Waals surface area contributed by atoms with Crippen LogP contribution >= 0.6 is 11.6 Å². The Hall–Kier alpha value is -1.97. The van der Waals surface area contributed by atoms with Crippen LogP contribution in [-0.4, -0.2) is 29.8 Å². The molecule has 1 aromatic carbocycles. The van der Waals surface area contributed by atoms with E-state index < -0.39 is 10.0 Å². The van der Waals surface area contributed by atoms with Crippen LogP contribution in [-0.2, 0) is 28.4 Å². The minimum Gasteiger partial charge on any atom is -1.00 e. The fraction of sp³-hybridized carbons (Fsp3) is 0.333. The summed E-state index contributed by atoms with van der Waals surface area (Å²) in [7, 11) is -1.77. The topological polar surface area (TPSA) is 104 Å². The number of hydrogen-bond donors (Lipinski definition) is 3. The smallest absolute Gasteiger partial charge is 0.243 e. The third kappa shape index (κ3) is 6.40. The zero-order valence-corrected chi connectivity index (χ0v) is 16.6. The molecule has 0 spiro atoms. The summed E-state index contributed by atoms with van der Waals surface area (Å²) in [5.41, 5.74) is 0.168. The number of aromatic nitrogens is 2. The van der Waals surface area contributed by atoms with Crippen LogP contribution in [0.15, 0.2) is 30.9 Å². The first-order chi connectivity index (χ1) is 11.7. The number of halogens is 2. The maximum absolute atomic E-state index is 12.2. The number of nitrogens with zero attached hydrogens (tertiary/aromatic N) is 2. The Morgan fingerprint density at radius 1 is 1.35 bits per heavy atom. The van der Waals surface area contributed by atoms with Gasteiger partial charge in [0.15, 0.2) is 0 Å². The molecule has 2 rings (SSSR count). The maximum Gasteiger partial charge on any atom is 0.243 e. The summed E-state index contributed by atoms with van der Waals surface area (Å²) in [6, 6.07) is 2.45. The molecule has 0 atom stereocenters. The highest BCUT2D eigenvalue weighted by atomic mass is 35.5. The predicted octanol–water partition coefficient (Wildman–Crippen LogP) is -1.53. The number of sulfonamides is 1. The van der Waals surface area contributed by atoms with E-state index in [2.05, 4.69) is 10.0 Å². The Balaban J connectivity index is 0.00000338. The Morgan fingerprint density at radius 2 is 2.04 bits per heavy atom. The number of aromatic hydroxyl groups is 1. The van der Waals surface area contributed by atoms with Crippen LogP contribution in [0.25, 0.3) is 0 Å². The van der Waals surface area contributed by atoms with E-state index >= 15 is 0 Å². The minimum absolute atomic E-state index is 0. The van der Waals surface area contributed by atoms with Crippen molar-refractivity contribution in [1.82, 2.24) is 4.57 Å². The van der Waals surface area contributed by atoms with Gasteiger partial charge in [0.05, 0.1) is 35.7 Å². The fourth-order valence-electron chi connectivity index (χ4n) is 2.22. The number of carbonyl (C=O) groups is 1. The molecular formula is C15H20Cl2N4O4S. The van der Waals surface area contributed by atoms with Crippen LogP contribution in [0.3, 0.4) is 0 Å². The number of hydrogen-bond acceptors (Lipinski definition) is 4. The molecule has 3 N–H and O–H groups in total. The average Bonchev–Trinajstić information content (AvgIpc) is 2.89. The summed E-state index contributed by atoms with van der Waals surface area (Å²) in [5.74, 6) is -0.790. The van der Waals surface area contributed by atoms with Gasteiger partial charge in [-0.05, 0) is 6.07 Å². The van der Waals surface area contributed by atoms with Gasteiger partial charge in [-0.15, -0.1) is 0 Å². The molecule has 26 heavy (non-hydrogen) atoms. The Kier molecular flexibility index (Phi) is 7.73. The molecule has 0 aliphatic carbocycles. The largest absolute Gasteiger partial charge is 1.00 e. The standard InChI is InChI=1S/C15H19ClN4O4S.ClH/c1-11(21)17-13-9-15(22)14(8-12(13)16)18-25(23,24)7-3-4-20-6-5-19(2)10-20;/h5-6,8-10,18H,3-4,7H2,1-2H3,(H-,17,21,22);1H. The maximum atomic E-state index is 12.2. The first-order valence-corrected chi connectivity index (χ1v) is 9.51. The molecule has 2 aromatic rings. The Labute approximate surface area is 163 Å². The molecule has 1 heterocycles. The average molecular weight is 423 g/mol. The van der Waals surface area contributed by atoms with E-state index in [4.69, 9.17) is 11.6 Å². The van der Waals surface area contributed by atoms with Crippen molar-refractivity contribution >= 4 is 38.9 Å². The van der Waals surface area contributed by atoms with E-state index in [0.717, 1.165) is 0 Å². The minimum atomic E-state index is -3.65. The molecular weight excluding hydrogens is 403 g/mol. The Bertz CT molecular complexity index is 884. The number of anilines is 2. The van der Waals surface area contributed by atoms with Gasteiger partial charge >= 0.3 is 0 Å². The van der Waals surface area contributed by atoms with Gasteiger partial charge in [0, 0.05) is 19.4 Å². The van der Waals surface area contributed by atoms with Gasteiger partial charge in [0.2, 0.25) is 22.3 Å². The van der Waals surface area contributed by atoms with Gasteiger partial charge in [-0.3, -0.25) is 9.52 Å². The number of aryl methyl sites for hydroxylation is 2. The third-order valence-corrected chi connectivity index (χ3v) is 4.98. The number of nitrogens with one attached hydrogen (secondary N) is 2. The highest BCUT2D eigenvalue weighted by Crippen LogP contribution is 2.34. The van der Waals surface area contributed by atoms with E-state index in [-0.39, 0.29) is 46.2 Å². The summed E-state index contributed by atoms with van der Waals surface area (Å²) in [4.78, 5) is 11.1. The highest BCUT2D eigenvalue weighted by molar-refractivity contribution is 7.92. The summed E-state index contributed by atoms with van der Waals surface area (Å²) in [6.45, 7) is 1.85. The van der Waals surface area contributed by atoms with Crippen molar-refractivity contribution in [2.75, 3.05) is 15.8 Å². The molecule has 0 saturated heterocycles. The van der Waals surface area contributed by atoms with Crippen molar-refractivity contribution in [2.24, 2.45) is 7.05 Å². The summed E-state index contributed by atoms with van der Waals surface area (Å²) < 4.78 is 30.4. The lowest BCUT2D eigenvalue weighted by Gasteiger charge is -2.12. The molecule has 0 fully saturated rings. The van der Waals surface area contributed by atoms with Crippen molar-refractivity contribution < 1.29 is 35.3 Å². The monoisotopic (exact) mass is 422 g/mol. The van der Waals surface area contributed by atoms with Crippen LogP contribution in [0.5, 0.6) is 5.75 Å². The lowest BCUT2D eigenvalue weighted by atomic mass is 10.2. The van der Waals surface area contributed by atoms with E-state index in [1.807, 2.05) is 34.9 Å². The van der Waals surface area contributed by atoms with Gasteiger partial charge in [0.25, 0.3) is 0 Å². The van der Waals surface area contributed by atoms with E-state index in [0.29, 0.717) is 13.0 Å². The molecule has 1 amide bonds. The van der Waals surface area contributed by atoms with Crippen LogP contribution in [0, 0.1) is 0 Å². The number of phenols is 1. The molecule has 0 saturated carbocycles. The van der Waals surface area contributed by atoms with Crippen LogP contribution in [0.4, 0.5) is 11.4 Å². The molecule has 8 nitrogen and oxygen atoms in total. The van der Waals surface area contributed by atoms with Gasteiger partial charge in [-0.25, -0.2) is 17.6 Å². The van der Waals surface area contributed by atoms with Crippen molar-refractivity contribution in [3.8, 4) is 5.75 Å². The SMILES string of the molecule is CC(=O)Nc1cc(O)c(NS(=O)(=O)CCCn2cc[n+](C)c2)cc1Cl.[Cl-]. The molecule has 144 valence electrons. The van der Waals surface area contributed by atoms with Crippen LogP contribution < -0.4 is 27.0 Å². The molecule has 11 heteroatoms. The number of amides is 1. The second kappa shape index (κ2) is 9.11. The summed E-state index contributed by atoms with van der Waals surface area (Å²) >= 11 is 5.99. The quantitative estimate of drug-likeness (QED) is 0.371. The van der Waals surface area contributed by atoms with E-state index in [1.165, 1.54) is 19.1 Å². The van der Waals surface area contributed by atoms with Gasteiger partial charge in [0.1, 0.15) is 18.1 Å². The Morgan fingerprint density at radius 3 is 2.62 bits per heavy atom. The second-order valence-electron chi connectivity index (χ2n) is 5.62. The zero-order chi connectivity index (χ0) is 18.6. The van der Waals surface area contributed by atoms with Gasteiger partial charge in [-0.2, -0.15) is 0 Å².